The van der Waals surface area contributed by atoms with E-state index < -0.39 is 11.7 Å². The molecule has 0 N–H and O–H groups in total. The minimum Gasteiger partial charge on any atom is -0.455 e. The molecule has 0 spiro atoms. The van der Waals surface area contributed by atoms with Crippen LogP contribution in [0.2, 0.25) is 0 Å². The monoisotopic (exact) mass is 357 g/mol. The first-order chi connectivity index (χ1) is 12.3. The number of hydrogen-bond donors (Lipinski definition) is 0. The Morgan fingerprint density at radius 3 is 2.42 bits per heavy atom. The third kappa shape index (κ3) is 4.08. The first-order valence-corrected chi connectivity index (χ1v) is 7.75. The first kappa shape index (κ1) is 17.7. The second kappa shape index (κ2) is 7.00. The maximum absolute atomic E-state index is 12.8. The second-order valence-electron chi connectivity index (χ2n) is 5.64. The van der Waals surface area contributed by atoms with Crippen LogP contribution in [-0.4, -0.2) is 12.0 Å². The minimum absolute atomic E-state index is 0.0303. The predicted molar refractivity (Wildman–Crippen MR) is 92.8 cm³/mol. The molecule has 0 radical (unpaired) electrons. The van der Waals surface area contributed by atoms with Gasteiger partial charge in [-0.3, -0.25) is 9.79 Å². The van der Waals surface area contributed by atoms with Crippen molar-refractivity contribution in [3.63, 3.8) is 0 Å². The van der Waals surface area contributed by atoms with E-state index in [1.54, 1.807) is 42.5 Å². The lowest BCUT2D eigenvalue weighted by Crippen LogP contribution is -2.04. The lowest BCUT2D eigenvalue weighted by molar-refractivity contribution is -0.137. The number of halogens is 3. The molecular formula is C20H14F3NO2. The van der Waals surface area contributed by atoms with Crippen LogP contribution < -0.4 is 0 Å². The number of rotatable bonds is 4. The van der Waals surface area contributed by atoms with E-state index in [1.807, 2.05) is 0 Å². The Kier molecular flexibility index (Phi) is 4.75. The topological polar surface area (TPSA) is 42.6 Å². The van der Waals surface area contributed by atoms with E-state index in [9.17, 15) is 18.0 Å². The lowest BCUT2D eigenvalue weighted by Gasteiger charge is -2.07. The van der Waals surface area contributed by atoms with E-state index in [0.717, 1.165) is 12.1 Å². The van der Waals surface area contributed by atoms with Gasteiger partial charge in [-0.25, -0.2) is 0 Å². The van der Waals surface area contributed by atoms with E-state index in [-0.39, 0.29) is 5.78 Å². The maximum atomic E-state index is 12.8. The summed E-state index contributed by atoms with van der Waals surface area (Å²) < 4.78 is 44.0. The average Bonchev–Trinajstić information content (AvgIpc) is 3.09. The highest BCUT2D eigenvalue weighted by Crippen LogP contribution is 2.32. The van der Waals surface area contributed by atoms with Gasteiger partial charge in [-0.2, -0.15) is 13.2 Å². The smallest absolute Gasteiger partial charge is 0.416 e. The number of furan rings is 1. The zero-order valence-electron chi connectivity index (χ0n) is 13.7. The molecule has 0 unspecified atom stereocenters. The zero-order chi connectivity index (χ0) is 18.7. The molecule has 6 heteroatoms. The quantitative estimate of drug-likeness (QED) is 0.430. The van der Waals surface area contributed by atoms with Gasteiger partial charge in [0.05, 0.1) is 17.5 Å². The van der Waals surface area contributed by atoms with Gasteiger partial charge in [0.25, 0.3) is 0 Å². The first-order valence-electron chi connectivity index (χ1n) is 7.75. The van der Waals surface area contributed by atoms with Gasteiger partial charge < -0.3 is 4.42 Å². The molecule has 0 aliphatic carbocycles. The summed E-state index contributed by atoms with van der Waals surface area (Å²) in [6.07, 6.45) is -2.93. The molecule has 0 fully saturated rings. The average molecular weight is 357 g/mol. The number of carbonyl (C=O) groups is 1. The fourth-order valence-corrected chi connectivity index (χ4v) is 2.35. The van der Waals surface area contributed by atoms with E-state index in [1.165, 1.54) is 19.2 Å². The van der Waals surface area contributed by atoms with Crippen LogP contribution in [0.25, 0.3) is 11.3 Å². The number of carbonyl (C=O) groups excluding carboxylic acids is 1. The minimum atomic E-state index is -4.40. The third-order valence-corrected chi connectivity index (χ3v) is 3.72. The fraction of sp³-hybridized carbons (Fsp3) is 0.100. The molecule has 26 heavy (non-hydrogen) atoms. The van der Waals surface area contributed by atoms with Gasteiger partial charge in [-0.15, -0.1) is 0 Å². The molecule has 0 aliphatic heterocycles. The molecule has 3 rings (SSSR count). The molecule has 0 atom stereocenters. The Morgan fingerprint density at radius 2 is 1.77 bits per heavy atom. The van der Waals surface area contributed by atoms with E-state index >= 15 is 0 Å². The molecule has 0 amide bonds. The van der Waals surface area contributed by atoms with Crippen molar-refractivity contribution >= 4 is 17.7 Å². The van der Waals surface area contributed by atoms with Crippen molar-refractivity contribution in [2.75, 3.05) is 0 Å². The molecule has 0 aliphatic rings. The summed E-state index contributed by atoms with van der Waals surface area (Å²) >= 11 is 0. The highest BCUT2D eigenvalue weighted by atomic mass is 19.4. The van der Waals surface area contributed by atoms with Crippen molar-refractivity contribution in [2.24, 2.45) is 4.99 Å². The largest absolute Gasteiger partial charge is 0.455 e. The number of alkyl halides is 3. The van der Waals surface area contributed by atoms with Crippen molar-refractivity contribution in [2.45, 2.75) is 13.1 Å². The van der Waals surface area contributed by atoms with Crippen LogP contribution in [0.15, 0.2) is 70.1 Å². The Labute approximate surface area is 147 Å². The van der Waals surface area contributed by atoms with Gasteiger partial charge in [-0.05, 0) is 55.5 Å². The van der Waals surface area contributed by atoms with Gasteiger partial charge in [0.2, 0.25) is 0 Å². The molecule has 1 heterocycles. The van der Waals surface area contributed by atoms with E-state index in [4.69, 9.17) is 4.42 Å². The van der Waals surface area contributed by atoms with Crippen LogP contribution in [-0.2, 0) is 6.18 Å². The van der Waals surface area contributed by atoms with Gasteiger partial charge in [0, 0.05) is 11.1 Å². The van der Waals surface area contributed by atoms with Crippen LogP contribution in [0.3, 0.4) is 0 Å². The second-order valence-corrected chi connectivity index (χ2v) is 5.64. The van der Waals surface area contributed by atoms with Gasteiger partial charge >= 0.3 is 6.18 Å². The number of benzene rings is 2. The van der Waals surface area contributed by atoms with E-state index in [2.05, 4.69) is 4.99 Å². The zero-order valence-corrected chi connectivity index (χ0v) is 13.7. The lowest BCUT2D eigenvalue weighted by atomic mass is 10.1. The van der Waals surface area contributed by atoms with Crippen molar-refractivity contribution in [1.82, 2.24) is 0 Å². The molecular weight excluding hydrogens is 343 g/mol. The van der Waals surface area contributed by atoms with Crippen LogP contribution in [0.5, 0.6) is 0 Å². The molecule has 1 aromatic heterocycles. The number of Topliss-reactive ketones (excluding diaryl/α,β-unsaturated/α-hetero) is 1. The Hall–Kier alpha value is -3.15. The van der Waals surface area contributed by atoms with Crippen LogP contribution in [0, 0.1) is 0 Å². The Bertz CT molecular complexity index is 954. The van der Waals surface area contributed by atoms with Crippen LogP contribution >= 0.6 is 0 Å². The summed E-state index contributed by atoms with van der Waals surface area (Å²) in [4.78, 5) is 15.5. The van der Waals surface area contributed by atoms with Crippen molar-refractivity contribution in [3.8, 4) is 11.3 Å². The van der Waals surface area contributed by atoms with Gasteiger partial charge in [0.1, 0.15) is 11.5 Å². The van der Waals surface area contributed by atoms with Crippen molar-refractivity contribution < 1.29 is 22.4 Å². The van der Waals surface area contributed by atoms with Crippen molar-refractivity contribution in [3.05, 3.63) is 77.6 Å². The van der Waals surface area contributed by atoms with Gasteiger partial charge in [0.15, 0.2) is 5.78 Å². The molecule has 132 valence electrons. The standard InChI is InChI=1S/C20H14F3NO2/c1-13(25)14-5-7-17(8-6-14)24-12-18-9-10-19(26-18)15-3-2-4-16(11-15)20(21,22)23/h2-12H,1H3. The molecule has 0 saturated heterocycles. The van der Waals surface area contributed by atoms with Crippen molar-refractivity contribution in [1.29, 1.82) is 0 Å². The maximum Gasteiger partial charge on any atom is 0.416 e. The molecule has 0 bridgehead atoms. The third-order valence-electron chi connectivity index (χ3n) is 3.72. The Balaban J connectivity index is 1.79. The summed E-state index contributed by atoms with van der Waals surface area (Å²) in [5, 5.41) is 0. The summed E-state index contributed by atoms with van der Waals surface area (Å²) in [5.41, 5.74) is 0.832. The molecule has 2 aromatic carbocycles. The summed E-state index contributed by atoms with van der Waals surface area (Å²) in [5.74, 6) is 0.704. The fourth-order valence-electron chi connectivity index (χ4n) is 2.35. The van der Waals surface area contributed by atoms with Crippen LogP contribution in [0.4, 0.5) is 18.9 Å². The summed E-state index contributed by atoms with van der Waals surface area (Å²) in [7, 11) is 0. The number of aliphatic imine (C=N–C) groups is 1. The Morgan fingerprint density at radius 1 is 1.04 bits per heavy atom. The summed E-state index contributed by atoms with van der Waals surface area (Å²) in [6.45, 7) is 1.48. The summed E-state index contributed by atoms with van der Waals surface area (Å²) in [6, 6.07) is 14.9. The molecule has 0 saturated carbocycles. The number of hydrogen-bond acceptors (Lipinski definition) is 3. The molecule has 3 aromatic rings. The number of ketones is 1. The highest BCUT2D eigenvalue weighted by Gasteiger charge is 2.30. The highest BCUT2D eigenvalue weighted by molar-refractivity contribution is 5.94. The van der Waals surface area contributed by atoms with Gasteiger partial charge in [-0.1, -0.05) is 12.1 Å². The SMILES string of the molecule is CC(=O)c1ccc(N=Cc2ccc(-c3cccc(C(F)(F)F)c3)o2)cc1. The normalized spacial score (nSPS) is 11.8. The number of nitrogens with zero attached hydrogens (tertiary/aromatic N) is 1. The predicted octanol–water partition coefficient (Wildman–Crippen LogP) is 5.92. The molecule has 3 nitrogen and oxygen atoms in total. The van der Waals surface area contributed by atoms with Crippen LogP contribution in [0.1, 0.15) is 28.6 Å². The van der Waals surface area contributed by atoms with E-state index in [0.29, 0.717) is 28.3 Å².